The second-order valence-electron chi connectivity index (χ2n) is 6.07. The van der Waals surface area contributed by atoms with Gasteiger partial charge in [0, 0.05) is 12.2 Å². The number of halogens is 6. The van der Waals surface area contributed by atoms with E-state index in [-0.39, 0.29) is 18.8 Å². The number of amides is 1. The van der Waals surface area contributed by atoms with Gasteiger partial charge in [0.25, 0.3) is 0 Å². The molecule has 158 valence electrons. The van der Waals surface area contributed by atoms with Crippen LogP contribution in [-0.2, 0) is 23.6 Å². The third-order valence-corrected chi connectivity index (χ3v) is 3.78. The molecular formula is C19H18F6N2O2. The summed E-state index contributed by atoms with van der Waals surface area (Å²) in [6.07, 6.45) is -9.68. The SMILES string of the molecule is CCCOC(=O)Nc1ccc(NCc2ccc(C(F)(F)F)cc2)cc1C(F)(F)F. The van der Waals surface area contributed by atoms with Crippen LogP contribution in [0.3, 0.4) is 0 Å². The third-order valence-electron chi connectivity index (χ3n) is 3.78. The number of hydrogen-bond acceptors (Lipinski definition) is 3. The summed E-state index contributed by atoms with van der Waals surface area (Å²) in [5.74, 6) is 0. The molecule has 0 bridgehead atoms. The van der Waals surface area contributed by atoms with E-state index in [1.165, 1.54) is 18.2 Å². The summed E-state index contributed by atoms with van der Waals surface area (Å²) < 4.78 is 82.4. The fourth-order valence-electron chi connectivity index (χ4n) is 2.35. The van der Waals surface area contributed by atoms with Crippen molar-refractivity contribution in [3.63, 3.8) is 0 Å². The molecule has 0 radical (unpaired) electrons. The van der Waals surface area contributed by atoms with Crippen LogP contribution in [0.5, 0.6) is 0 Å². The van der Waals surface area contributed by atoms with Gasteiger partial charge in [-0.15, -0.1) is 0 Å². The lowest BCUT2D eigenvalue weighted by Crippen LogP contribution is -2.18. The number of hydrogen-bond donors (Lipinski definition) is 2. The van der Waals surface area contributed by atoms with Gasteiger partial charge in [-0.1, -0.05) is 19.1 Å². The molecular weight excluding hydrogens is 402 g/mol. The molecule has 0 aliphatic heterocycles. The maximum Gasteiger partial charge on any atom is 0.418 e. The molecule has 4 nitrogen and oxygen atoms in total. The summed E-state index contributed by atoms with van der Waals surface area (Å²) in [4.78, 5) is 11.5. The van der Waals surface area contributed by atoms with Crippen molar-refractivity contribution in [2.24, 2.45) is 0 Å². The molecule has 2 aromatic rings. The lowest BCUT2D eigenvalue weighted by molar-refractivity contribution is -0.138. The Morgan fingerprint density at radius 1 is 0.966 bits per heavy atom. The van der Waals surface area contributed by atoms with E-state index in [9.17, 15) is 31.1 Å². The summed E-state index contributed by atoms with van der Waals surface area (Å²) in [6, 6.07) is 7.46. The molecule has 29 heavy (non-hydrogen) atoms. The minimum absolute atomic E-state index is 0.0146. The number of rotatable bonds is 6. The van der Waals surface area contributed by atoms with Crippen LogP contribution in [0, 0.1) is 0 Å². The van der Waals surface area contributed by atoms with Crippen molar-refractivity contribution in [1.82, 2.24) is 0 Å². The van der Waals surface area contributed by atoms with Crippen molar-refractivity contribution in [2.45, 2.75) is 32.2 Å². The predicted molar refractivity (Wildman–Crippen MR) is 95.5 cm³/mol. The molecule has 0 saturated heterocycles. The molecule has 0 aromatic heterocycles. The van der Waals surface area contributed by atoms with Crippen LogP contribution in [0.15, 0.2) is 42.5 Å². The standard InChI is InChI=1S/C19H18F6N2O2/c1-2-9-29-17(28)27-16-8-7-14(10-15(16)19(23,24)25)26-11-12-3-5-13(6-4-12)18(20,21)22/h3-8,10,26H,2,9,11H2,1H3,(H,27,28). The number of benzene rings is 2. The van der Waals surface area contributed by atoms with Crippen molar-refractivity contribution in [2.75, 3.05) is 17.2 Å². The largest absolute Gasteiger partial charge is 0.449 e. The van der Waals surface area contributed by atoms with Crippen LogP contribution in [-0.4, -0.2) is 12.7 Å². The quantitative estimate of drug-likeness (QED) is 0.540. The monoisotopic (exact) mass is 420 g/mol. The van der Waals surface area contributed by atoms with E-state index >= 15 is 0 Å². The Bertz CT molecular complexity index is 832. The molecule has 0 saturated carbocycles. The number of ether oxygens (including phenoxy) is 1. The first-order valence-corrected chi connectivity index (χ1v) is 8.55. The Hall–Kier alpha value is -2.91. The van der Waals surface area contributed by atoms with E-state index in [4.69, 9.17) is 4.74 Å². The smallest absolute Gasteiger partial charge is 0.418 e. The average Bonchev–Trinajstić information content (AvgIpc) is 2.64. The van der Waals surface area contributed by atoms with Gasteiger partial charge in [0.2, 0.25) is 0 Å². The zero-order chi connectivity index (χ0) is 21.7. The number of carbonyl (C=O) groups is 1. The first-order chi connectivity index (χ1) is 13.5. The molecule has 2 rings (SSSR count). The van der Waals surface area contributed by atoms with Gasteiger partial charge in [-0.25, -0.2) is 4.79 Å². The van der Waals surface area contributed by atoms with Crippen molar-refractivity contribution >= 4 is 17.5 Å². The second kappa shape index (κ2) is 9.06. The van der Waals surface area contributed by atoms with Crippen LogP contribution in [0.25, 0.3) is 0 Å². The van der Waals surface area contributed by atoms with Gasteiger partial charge in [-0.2, -0.15) is 26.3 Å². The molecule has 0 aliphatic rings. The van der Waals surface area contributed by atoms with Gasteiger partial charge in [0.05, 0.1) is 23.4 Å². The predicted octanol–water partition coefficient (Wildman–Crippen LogP) is 6.29. The fourth-order valence-corrected chi connectivity index (χ4v) is 2.35. The lowest BCUT2D eigenvalue weighted by Gasteiger charge is -2.16. The molecule has 0 aliphatic carbocycles. The zero-order valence-corrected chi connectivity index (χ0v) is 15.2. The second-order valence-corrected chi connectivity index (χ2v) is 6.07. The number of nitrogens with one attached hydrogen (secondary N) is 2. The molecule has 0 fully saturated rings. The molecule has 0 unspecified atom stereocenters. The van der Waals surface area contributed by atoms with Crippen molar-refractivity contribution < 1.29 is 35.9 Å². The van der Waals surface area contributed by atoms with Crippen LogP contribution < -0.4 is 10.6 Å². The Kier molecular flexibility index (Phi) is 6.99. The van der Waals surface area contributed by atoms with Gasteiger partial charge >= 0.3 is 18.4 Å². The minimum Gasteiger partial charge on any atom is -0.449 e. The minimum atomic E-state index is -4.74. The number of anilines is 2. The highest BCUT2D eigenvalue weighted by atomic mass is 19.4. The summed E-state index contributed by atoms with van der Waals surface area (Å²) >= 11 is 0. The van der Waals surface area contributed by atoms with Crippen molar-refractivity contribution in [3.05, 3.63) is 59.2 Å². The van der Waals surface area contributed by atoms with Gasteiger partial charge in [0.15, 0.2) is 0 Å². The number of carbonyl (C=O) groups excluding carboxylic acids is 1. The normalized spacial score (nSPS) is 11.8. The van der Waals surface area contributed by atoms with E-state index in [0.717, 1.165) is 24.3 Å². The van der Waals surface area contributed by atoms with Gasteiger partial charge in [-0.3, -0.25) is 5.32 Å². The Balaban J connectivity index is 2.12. The summed E-state index contributed by atoms with van der Waals surface area (Å²) in [5, 5.41) is 4.78. The van der Waals surface area contributed by atoms with Crippen LogP contribution in [0.4, 0.5) is 42.5 Å². The topological polar surface area (TPSA) is 50.4 Å². The Morgan fingerprint density at radius 2 is 1.62 bits per heavy atom. The van der Waals surface area contributed by atoms with Gasteiger partial charge in [0.1, 0.15) is 0 Å². The maximum atomic E-state index is 13.3. The van der Waals surface area contributed by atoms with E-state index in [1.807, 2.05) is 0 Å². The highest BCUT2D eigenvalue weighted by Gasteiger charge is 2.34. The molecule has 2 N–H and O–H groups in total. The number of alkyl halides is 6. The molecule has 10 heteroatoms. The first-order valence-electron chi connectivity index (χ1n) is 8.55. The molecule has 1 amide bonds. The van der Waals surface area contributed by atoms with Crippen LogP contribution in [0.2, 0.25) is 0 Å². The van der Waals surface area contributed by atoms with Crippen LogP contribution in [0.1, 0.15) is 30.0 Å². The van der Waals surface area contributed by atoms with Crippen molar-refractivity contribution in [1.29, 1.82) is 0 Å². The molecule has 0 atom stereocenters. The summed E-state index contributed by atoms with van der Waals surface area (Å²) in [5.41, 5.74) is -1.81. The van der Waals surface area contributed by atoms with Crippen LogP contribution >= 0.6 is 0 Å². The average molecular weight is 420 g/mol. The highest BCUT2D eigenvalue weighted by Crippen LogP contribution is 2.37. The molecule has 0 spiro atoms. The first kappa shape index (κ1) is 22.4. The molecule has 0 heterocycles. The fraction of sp³-hybridized carbons (Fsp3) is 0.316. The highest BCUT2D eigenvalue weighted by molar-refractivity contribution is 5.86. The maximum absolute atomic E-state index is 13.3. The van der Waals surface area contributed by atoms with Gasteiger partial charge in [-0.05, 0) is 42.3 Å². The lowest BCUT2D eigenvalue weighted by atomic mass is 10.1. The third kappa shape index (κ3) is 6.58. The zero-order valence-electron chi connectivity index (χ0n) is 15.2. The van der Waals surface area contributed by atoms with E-state index < -0.39 is 35.3 Å². The van der Waals surface area contributed by atoms with E-state index in [0.29, 0.717) is 12.0 Å². The van der Waals surface area contributed by atoms with E-state index in [2.05, 4.69) is 10.6 Å². The summed E-state index contributed by atoms with van der Waals surface area (Å²) in [6.45, 7) is 1.83. The Labute approximate surface area is 162 Å². The summed E-state index contributed by atoms with van der Waals surface area (Å²) in [7, 11) is 0. The van der Waals surface area contributed by atoms with E-state index in [1.54, 1.807) is 6.92 Å². The molecule has 2 aromatic carbocycles. The van der Waals surface area contributed by atoms with Gasteiger partial charge < -0.3 is 10.1 Å². The van der Waals surface area contributed by atoms with Crippen molar-refractivity contribution in [3.8, 4) is 0 Å². The Morgan fingerprint density at radius 3 is 2.17 bits per heavy atom.